The van der Waals surface area contributed by atoms with Crippen LogP contribution in [0.5, 0.6) is 0 Å². The zero-order valence-corrected chi connectivity index (χ0v) is 11.9. The van der Waals surface area contributed by atoms with Gasteiger partial charge in [0.25, 0.3) is 0 Å². The van der Waals surface area contributed by atoms with Crippen molar-refractivity contribution in [3.05, 3.63) is 51.4 Å². The number of aliphatic hydroxyl groups is 1. The van der Waals surface area contributed by atoms with Gasteiger partial charge in [0.05, 0.1) is 0 Å². The van der Waals surface area contributed by atoms with Gasteiger partial charge in [0.1, 0.15) is 0 Å². The summed E-state index contributed by atoms with van der Waals surface area (Å²) in [5.74, 6) is 0.914. The van der Waals surface area contributed by atoms with Crippen molar-refractivity contribution in [3.8, 4) is 0 Å². The molecule has 0 fully saturated rings. The fourth-order valence-corrected chi connectivity index (χ4v) is 1.28. The minimum Gasteiger partial charge on any atom is 0 e. The molecule has 0 amide bonds. The molecule has 104 valence electrons. The maximum atomic E-state index is 8.99. The van der Waals surface area contributed by atoms with Crippen LogP contribution < -0.4 is 0 Å². The van der Waals surface area contributed by atoms with Crippen LogP contribution in [0.25, 0.3) is 0 Å². The van der Waals surface area contributed by atoms with Crippen molar-refractivity contribution >= 4 is 0 Å². The molecule has 1 aliphatic rings. The number of hydrogen-bond donors (Lipinski definition) is 1. The van der Waals surface area contributed by atoms with Crippen LogP contribution in [-0.2, 0) is 31.0 Å². The Morgan fingerprint density at radius 3 is 1.95 bits per heavy atom. The van der Waals surface area contributed by atoms with E-state index in [9.17, 15) is 0 Å². The van der Waals surface area contributed by atoms with Crippen LogP contribution in [0.1, 0.15) is 19.8 Å². The van der Waals surface area contributed by atoms with Crippen LogP contribution in [0.15, 0.2) is 12.2 Å². The molecule has 1 aliphatic carbocycles. The van der Waals surface area contributed by atoms with Crippen molar-refractivity contribution in [2.45, 2.75) is 19.8 Å². The van der Waals surface area contributed by atoms with Crippen LogP contribution >= 0.6 is 0 Å². The molecule has 0 aliphatic heterocycles. The van der Waals surface area contributed by atoms with Crippen molar-refractivity contribution in [2.24, 2.45) is 11.8 Å². The van der Waals surface area contributed by atoms with Gasteiger partial charge in [0.15, 0.2) is 0 Å². The molecule has 0 aromatic carbocycles. The summed E-state index contributed by atoms with van der Waals surface area (Å²) in [6.45, 7) is 16.0. The number of aliphatic hydroxyl groups excluding tert-OH is 1. The monoisotopic (exact) mass is 304 g/mol. The molecule has 2 atom stereocenters. The fraction of sp³-hybridized carbons (Fsp3) is 0.429. The van der Waals surface area contributed by atoms with Crippen LogP contribution in [0.4, 0.5) is 0 Å². The molecule has 4 radical (unpaired) electrons. The molecule has 0 aromatic heterocycles. The number of rotatable bonds is 1. The molecular weight excluding hydrogens is 287 g/mol. The molecular formula is C14H17MnO4. The van der Waals surface area contributed by atoms with E-state index in [1.54, 1.807) is 0 Å². The SMILES string of the molecule is CC1/C=C\C(CO)C[CH][CH][CH]C1.[C-]#[O+].[C-]#[O+].[C-]#[O+].[Mn]. The quantitative estimate of drug-likeness (QED) is 0.342. The third kappa shape index (κ3) is 19.9. The van der Waals surface area contributed by atoms with E-state index < -0.39 is 0 Å². The largest absolute Gasteiger partial charge is 0 e. The fourth-order valence-electron chi connectivity index (χ4n) is 1.28. The van der Waals surface area contributed by atoms with Crippen LogP contribution in [0.2, 0.25) is 0 Å². The molecule has 1 N–H and O–H groups in total. The molecule has 0 aromatic rings. The van der Waals surface area contributed by atoms with Crippen LogP contribution in [0, 0.1) is 51.0 Å². The van der Waals surface area contributed by atoms with Gasteiger partial charge >= 0.3 is 33.9 Å². The summed E-state index contributed by atoms with van der Waals surface area (Å²) >= 11 is 0. The van der Waals surface area contributed by atoms with Crippen molar-refractivity contribution in [3.63, 3.8) is 0 Å². The maximum Gasteiger partial charge on any atom is 0 e. The minimum atomic E-state index is 0. The molecule has 19 heavy (non-hydrogen) atoms. The summed E-state index contributed by atoms with van der Waals surface area (Å²) in [6, 6.07) is 0. The van der Waals surface area contributed by atoms with Gasteiger partial charge in [-0.25, -0.2) is 0 Å². The van der Waals surface area contributed by atoms with Gasteiger partial charge in [0, 0.05) is 29.6 Å². The van der Waals surface area contributed by atoms with Gasteiger partial charge < -0.3 is 5.11 Å². The Hall–Kier alpha value is -0.561. The Kier molecular flexibility index (Phi) is 36.9. The van der Waals surface area contributed by atoms with Gasteiger partial charge in [-0.05, 0) is 38.0 Å². The Morgan fingerprint density at radius 2 is 1.47 bits per heavy atom. The Balaban J connectivity index is -0.000000142. The molecule has 5 heteroatoms. The van der Waals surface area contributed by atoms with E-state index in [1.165, 1.54) is 0 Å². The standard InChI is InChI=1S/C11H17O.3CO.Mn/c1-10-5-3-2-4-6-11(9-12)8-7-10;3*1-2;/h2-4,7-8,10-12H,5-6,9H2,1H3;;;;/b8-7-;;;;. The Labute approximate surface area is 126 Å². The summed E-state index contributed by atoms with van der Waals surface area (Å²) in [6.07, 6.45) is 12.8. The van der Waals surface area contributed by atoms with Crippen LogP contribution in [-0.4, -0.2) is 11.7 Å². The first-order valence-electron chi connectivity index (χ1n) is 5.21. The second kappa shape index (κ2) is 26.1. The Bertz CT molecular complexity index is 231. The molecule has 0 saturated carbocycles. The van der Waals surface area contributed by atoms with Crippen LogP contribution in [0.3, 0.4) is 0 Å². The van der Waals surface area contributed by atoms with Crippen molar-refractivity contribution < 1.29 is 36.1 Å². The van der Waals surface area contributed by atoms with E-state index in [4.69, 9.17) is 19.1 Å². The summed E-state index contributed by atoms with van der Waals surface area (Å²) in [7, 11) is 0. The smallest absolute Gasteiger partial charge is 0 e. The molecule has 2 unspecified atom stereocenters. The summed E-state index contributed by atoms with van der Waals surface area (Å²) in [5.41, 5.74) is 0. The summed E-state index contributed by atoms with van der Waals surface area (Å²) < 4.78 is 22.5. The number of hydrogen-bond acceptors (Lipinski definition) is 1. The first-order chi connectivity index (χ1) is 8.83. The first kappa shape index (κ1) is 26.9. The predicted octanol–water partition coefficient (Wildman–Crippen LogP) is 2.08. The van der Waals surface area contributed by atoms with Gasteiger partial charge in [-0.1, -0.05) is 19.1 Å². The van der Waals surface area contributed by atoms with E-state index in [1.807, 2.05) is 0 Å². The second-order valence-corrected chi connectivity index (χ2v) is 3.44. The summed E-state index contributed by atoms with van der Waals surface area (Å²) in [5, 5.41) is 8.99. The molecule has 0 bridgehead atoms. The zero-order chi connectivity index (χ0) is 14.8. The third-order valence-corrected chi connectivity index (χ3v) is 2.17. The van der Waals surface area contributed by atoms with Gasteiger partial charge in [-0.3, -0.25) is 0 Å². The molecule has 0 saturated heterocycles. The van der Waals surface area contributed by atoms with Crippen molar-refractivity contribution in [1.82, 2.24) is 0 Å². The number of allylic oxidation sites excluding steroid dienone is 1. The van der Waals surface area contributed by atoms with E-state index in [0.29, 0.717) is 11.8 Å². The molecule has 0 spiro atoms. The van der Waals surface area contributed by atoms with Crippen molar-refractivity contribution in [2.75, 3.05) is 6.61 Å². The molecule has 0 heterocycles. The minimum absolute atomic E-state index is 0. The topological polar surface area (TPSA) is 79.9 Å². The zero-order valence-electron chi connectivity index (χ0n) is 10.7. The predicted molar refractivity (Wildman–Crippen MR) is 62.8 cm³/mol. The van der Waals surface area contributed by atoms with Gasteiger partial charge in [-0.15, -0.1) is 0 Å². The average molecular weight is 304 g/mol. The third-order valence-electron chi connectivity index (χ3n) is 2.17. The average Bonchev–Trinajstić information content (AvgIpc) is 2.57. The van der Waals surface area contributed by atoms with E-state index in [-0.39, 0.29) is 23.7 Å². The van der Waals surface area contributed by atoms with E-state index >= 15 is 0 Å². The molecule has 4 nitrogen and oxygen atoms in total. The van der Waals surface area contributed by atoms with E-state index in [2.05, 4.69) is 58.3 Å². The first-order valence-corrected chi connectivity index (χ1v) is 5.21. The normalized spacial score (nSPS) is 22.3. The van der Waals surface area contributed by atoms with Gasteiger partial charge in [-0.2, -0.15) is 0 Å². The maximum absolute atomic E-state index is 8.99. The van der Waals surface area contributed by atoms with Crippen molar-refractivity contribution in [1.29, 1.82) is 0 Å². The second-order valence-electron chi connectivity index (χ2n) is 3.44. The van der Waals surface area contributed by atoms with Gasteiger partial charge in [0.2, 0.25) is 0 Å². The van der Waals surface area contributed by atoms with E-state index in [0.717, 1.165) is 12.8 Å². The summed E-state index contributed by atoms with van der Waals surface area (Å²) in [4.78, 5) is 0. The Morgan fingerprint density at radius 1 is 1.00 bits per heavy atom. The molecule has 1 rings (SSSR count).